The Morgan fingerprint density at radius 2 is 1.95 bits per heavy atom. The standard InChI is InChI=1S/C14H18ClN3O2/c15-10-4-3-9(13(16)20)7-11(10)18-12(19)8-14(17)5-1-2-6-14/h3-4,7H,1-2,5-6,8,17H2,(H2,16,20)(H,18,19). The minimum absolute atomic E-state index is 0.196. The van der Waals surface area contributed by atoms with Crippen molar-refractivity contribution < 1.29 is 9.59 Å². The summed E-state index contributed by atoms with van der Waals surface area (Å²) in [5, 5.41) is 3.06. The van der Waals surface area contributed by atoms with E-state index in [0.29, 0.717) is 16.3 Å². The number of nitrogens with two attached hydrogens (primary N) is 2. The Hall–Kier alpha value is -1.59. The molecule has 5 nitrogen and oxygen atoms in total. The van der Waals surface area contributed by atoms with Crippen LogP contribution in [-0.4, -0.2) is 17.4 Å². The lowest BCUT2D eigenvalue weighted by atomic mass is 9.94. The minimum Gasteiger partial charge on any atom is -0.366 e. The van der Waals surface area contributed by atoms with Gasteiger partial charge in [0.15, 0.2) is 0 Å². The van der Waals surface area contributed by atoms with Gasteiger partial charge in [-0.25, -0.2) is 0 Å². The van der Waals surface area contributed by atoms with Crippen LogP contribution in [0.2, 0.25) is 5.02 Å². The summed E-state index contributed by atoms with van der Waals surface area (Å²) in [6.45, 7) is 0. The van der Waals surface area contributed by atoms with Gasteiger partial charge in [0.25, 0.3) is 0 Å². The van der Waals surface area contributed by atoms with Crippen molar-refractivity contribution in [3.8, 4) is 0 Å². The summed E-state index contributed by atoms with van der Waals surface area (Å²) in [4.78, 5) is 23.2. The zero-order chi connectivity index (χ0) is 14.8. The first kappa shape index (κ1) is 14.8. The van der Waals surface area contributed by atoms with E-state index in [1.165, 1.54) is 18.2 Å². The zero-order valence-electron chi connectivity index (χ0n) is 11.1. The maximum Gasteiger partial charge on any atom is 0.248 e. The normalized spacial score (nSPS) is 16.9. The molecule has 0 heterocycles. The molecule has 108 valence electrons. The summed E-state index contributed by atoms with van der Waals surface area (Å²) in [6, 6.07) is 4.52. The van der Waals surface area contributed by atoms with Gasteiger partial charge in [0.05, 0.1) is 10.7 Å². The minimum atomic E-state index is -0.566. The molecule has 0 atom stereocenters. The maximum absolute atomic E-state index is 12.0. The smallest absolute Gasteiger partial charge is 0.248 e. The van der Waals surface area contributed by atoms with Gasteiger partial charge in [-0.05, 0) is 31.0 Å². The Labute approximate surface area is 122 Å². The summed E-state index contributed by atoms with van der Waals surface area (Å²) < 4.78 is 0. The summed E-state index contributed by atoms with van der Waals surface area (Å²) >= 11 is 6.00. The van der Waals surface area contributed by atoms with E-state index in [2.05, 4.69) is 5.32 Å². The van der Waals surface area contributed by atoms with Crippen molar-refractivity contribution in [1.29, 1.82) is 0 Å². The molecule has 0 aromatic heterocycles. The fraction of sp³-hybridized carbons (Fsp3) is 0.429. The Morgan fingerprint density at radius 1 is 1.30 bits per heavy atom. The van der Waals surface area contributed by atoms with Crippen LogP contribution < -0.4 is 16.8 Å². The highest BCUT2D eigenvalue weighted by molar-refractivity contribution is 6.33. The van der Waals surface area contributed by atoms with E-state index in [9.17, 15) is 9.59 Å². The molecular formula is C14H18ClN3O2. The van der Waals surface area contributed by atoms with Crippen molar-refractivity contribution >= 4 is 29.1 Å². The zero-order valence-corrected chi connectivity index (χ0v) is 11.9. The van der Waals surface area contributed by atoms with E-state index in [1.54, 1.807) is 0 Å². The molecule has 1 aliphatic rings. The fourth-order valence-electron chi connectivity index (χ4n) is 2.54. The topological polar surface area (TPSA) is 98.2 Å². The molecule has 2 amide bonds. The van der Waals surface area contributed by atoms with Gasteiger partial charge in [0.1, 0.15) is 0 Å². The van der Waals surface area contributed by atoms with Crippen molar-refractivity contribution in [3.63, 3.8) is 0 Å². The van der Waals surface area contributed by atoms with Gasteiger partial charge < -0.3 is 16.8 Å². The first-order valence-electron chi connectivity index (χ1n) is 6.58. The lowest BCUT2D eigenvalue weighted by Gasteiger charge is -2.22. The van der Waals surface area contributed by atoms with Crippen LogP contribution in [0.15, 0.2) is 18.2 Å². The van der Waals surface area contributed by atoms with E-state index >= 15 is 0 Å². The molecule has 0 aliphatic heterocycles. The van der Waals surface area contributed by atoms with Crippen molar-refractivity contribution in [3.05, 3.63) is 28.8 Å². The quantitative estimate of drug-likeness (QED) is 0.792. The average molecular weight is 296 g/mol. The number of nitrogens with one attached hydrogen (secondary N) is 1. The molecular weight excluding hydrogens is 278 g/mol. The van der Waals surface area contributed by atoms with E-state index in [4.69, 9.17) is 23.1 Å². The van der Waals surface area contributed by atoms with Crippen LogP contribution in [0, 0.1) is 0 Å². The van der Waals surface area contributed by atoms with Gasteiger partial charge in [-0.2, -0.15) is 0 Å². The van der Waals surface area contributed by atoms with Crippen LogP contribution in [0.3, 0.4) is 0 Å². The van der Waals surface area contributed by atoms with Crippen LogP contribution >= 0.6 is 11.6 Å². The van der Waals surface area contributed by atoms with Gasteiger partial charge in [0.2, 0.25) is 11.8 Å². The molecule has 1 fully saturated rings. The third-order valence-electron chi connectivity index (χ3n) is 3.64. The molecule has 0 radical (unpaired) electrons. The highest BCUT2D eigenvalue weighted by Crippen LogP contribution is 2.31. The van der Waals surface area contributed by atoms with Crippen LogP contribution in [0.1, 0.15) is 42.5 Å². The van der Waals surface area contributed by atoms with E-state index in [0.717, 1.165) is 25.7 Å². The van der Waals surface area contributed by atoms with Crippen LogP contribution in [0.5, 0.6) is 0 Å². The van der Waals surface area contributed by atoms with Crippen LogP contribution in [0.4, 0.5) is 5.69 Å². The number of amides is 2. The Kier molecular flexibility index (Phi) is 4.30. The molecule has 20 heavy (non-hydrogen) atoms. The van der Waals surface area contributed by atoms with Gasteiger partial charge in [0, 0.05) is 17.5 Å². The number of carbonyl (C=O) groups excluding carboxylic acids is 2. The average Bonchev–Trinajstić information content (AvgIpc) is 2.78. The third-order valence-corrected chi connectivity index (χ3v) is 3.97. The van der Waals surface area contributed by atoms with Crippen molar-refractivity contribution in [2.75, 3.05) is 5.32 Å². The second kappa shape index (κ2) is 5.81. The molecule has 1 aromatic rings. The van der Waals surface area contributed by atoms with Gasteiger partial charge in [-0.3, -0.25) is 9.59 Å². The molecule has 2 rings (SSSR count). The second-order valence-electron chi connectivity index (χ2n) is 5.35. The molecule has 0 unspecified atom stereocenters. The van der Waals surface area contributed by atoms with Gasteiger partial charge >= 0.3 is 0 Å². The summed E-state index contributed by atoms with van der Waals surface area (Å²) in [5.74, 6) is -0.763. The number of carbonyl (C=O) groups is 2. The first-order valence-corrected chi connectivity index (χ1v) is 6.95. The SMILES string of the molecule is NC(=O)c1ccc(Cl)c(NC(=O)CC2(N)CCCC2)c1. The van der Waals surface area contributed by atoms with E-state index in [-0.39, 0.29) is 12.3 Å². The molecule has 1 aliphatic carbocycles. The number of benzene rings is 1. The highest BCUT2D eigenvalue weighted by atomic mass is 35.5. The largest absolute Gasteiger partial charge is 0.366 e. The predicted molar refractivity (Wildman–Crippen MR) is 78.6 cm³/mol. The Morgan fingerprint density at radius 3 is 2.55 bits per heavy atom. The second-order valence-corrected chi connectivity index (χ2v) is 5.76. The van der Waals surface area contributed by atoms with Crippen molar-refractivity contribution in [1.82, 2.24) is 0 Å². The van der Waals surface area contributed by atoms with Crippen molar-refractivity contribution in [2.45, 2.75) is 37.6 Å². The molecule has 0 bridgehead atoms. The monoisotopic (exact) mass is 295 g/mol. The fourth-order valence-corrected chi connectivity index (χ4v) is 2.71. The maximum atomic E-state index is 12.0. The number of primary amides is 1. The molecule has 5 N–H and O–H groups in total. The van der Waals surface area contributed by atoms with Gasteiger partial charge in [-0.1, -0.05) is 24.4 Å². The predicted octanol–water partition coefficient (Wildman–Crippen LogP) is 2.04. The Bertz CT molecular complexity index is 539. The van der Waals surface area contributed by atoms with Gasteiger partial charge in [-0.15, -0.1) is 0 Å². The highest BCUT2D eigenvalue weighted by Gasteiger charge is 2.31. The summed E-state index contributed by atoms with van der Waals surface area (Å²) in [6.07, 6.45) is 4.08. The first-order chi connectivity index (χ1) is 9.39. The number of anilines is 1. The Balaban J connectivity index is 2.07. The number of hydrogen-bond donors (Lipinski definition) is 3. The lowest BCUT2D eigenvalue weighted by Crippen LogP contribution is -2.40. The summed E-state index contributed by atoms with van der Waals surface area (Å²) in [5.41, 5.74) is 11.6. The number of halogens is 1. The van der Waals surface area contributed by atoms with E-state index in [1.807, 2.05) is 0 Å². The third kappa shape index (κ3) is 3.49. The molecule has 6 heteroatoms. The van der Waals surface area contributed by atoms with Crippen molar-refractivity contribution in [2.24, 2.45) is 11.5 Å². The van der Waals surface area contributed by atoms with Crippen LogP contribution in [-0.2, 0) is 4.79 Å². The van der Waals surface area contributed by atoms with Crippen LogP contribution in [0.25, 0.3) is 0 Å². The lowest BCUT2D eigenvalue weighted by molar-refractivity contribution is -0.117. The molecule has 1 aromatic carbocycles. The number of rotatable bonds is 4. The molecule has 0 saturated heterocycles. The number of hydrogen-bond acceptors (Lipinski definition) is 3. The summed E-state index contributed by atoms with van der Waals surface area (Å²) in [7, 11) is 0. The molecule has 1 saturated carbocycles. The molecule has 0 spiro atoms. The van der Waals surface area contributed by atoms with E-state index < -0.39 is 11.4 Å².